The molecule has 0 N–H and O–H groups in total. The molecule has 0 aliphatic carbocycles. The maximum Gasteiger partial charge on any atom is 0.475 e. The molecule has 3 rings (SSSR count). The molecule has 0 aromatic heterocycles. The smallest absolute Gasteiger partial charge is 0.371 e. The molecule has 0 saturated carbocycles. The van der Waals surface area contributed by atoms with Crippen molar-refractivity contribution in [2.24, 2.45) is 0 Å². The van der Waals surface area contributed by atoms with Crippen molar-refractivity contribution in [3.63, 3.8) is 0 Å². The van der Waals surface area contributed by atoms with E-state index in [2.05, 4.69) is 0 Å². The third-order valence-electron chi connectivity index (χ3n) is 2.46. The van der Waals surface area contributed by atoms with Gasteiger partial charge >= 0.3 is 7.82 Å². The van der Waals surface area contributed by atoms with Gasteiger partial charge in [-0.2, -0.15) is 0 Å². The number of epoxide rings is 3. The van der Waals surface area contributed by atoms with Crippen LogP contribution in [-0.2, 0) is 32.3 Å². The third-order valence-corrected chi connectivity index (χ3v) is 3.86. The molecule has 3 aliphatic heterocycles. The van der Waals surface area contributed by atoms with Crippen LogP contribution < -0.4 is 0 Å². The molecule has 0 aromatic rings. The minimum atomic E-state index is -3.50. The van der Waals surface area contributed by atoms with Gasteiger partial charge in [-0.1, -0.05) is 0 Å². The summed E-state index contributed by atoms with van der Waals surface area (Å²) in [5.41, 5.74) is 0. The fourth-order valence-electron chi connectivity index (χ4n) is 1.13. The van der Waals surface area contributed by atoms with Crippen LogP contribution in [0.3, 0.4) is 0 Å². The van der Waals surface area contributed by atoms with Gasteiger partial charge in [0.1, 0.15) is 18.3 Å². The van der Waals surface area contributed by atoms with Gasteiger partial charge in [-0.3, -0.25) is 13.6 Å². The van der Waals surface area contributed by atoms with E-state index in [1.165, 1.54) is 0 Å². The average molecular weight is 266 g/mol. The topological polar surface area (TPSA) is 82.4 Å². The summed E-state index contributed by atoms with van der Waals surface area (Å²) in [7, 11) is -3.50. The molecular formula is C9H15O7P. The second kappa shape index (κ2) is 4.93. The summed E-state index contributed by atoms with van der Waals surface area (Å²) in [6, 6.07) is 0. The van der Waals surface area contributed by atoms with Gasteiger partial charge in [-0.25, -0.2) is 4.57 Å². The first-order valence-corrected chi connectivity index (χ1v) is 7.08. The van der Waals surface area contributed by atoms with Crippen LogP contribution in [0.5, 0.6) is 0 Å². The molecule has 3 aliphatic rings. The number of hydrogen-bond acceptors (Lipinski definition) is 7. The van der Waals surface area contributed by atoms with E-state index in [4.69, 9.17) is 27.8 Å². The highest BCUT2D eigenvalue weighted by Gasteiger charge is 2.37. The predicted octanol–water partition coefficient (Wildman–Crippen LogP) is 0.341. The first-order chi connectivity index (χ1) is 8.23. The van der Waals surface area contributed by atoms with Crippen molar-refractivity contribution in [1.82, 2.24) is 0 Å². The van der Waals surface area contributed by atoms with Crippen LogP contribution in [0, 0.1) is 0 Å². The lowest BCUT2D eigenvalue weighted by molar-refractivity contribution is 0.0954. The predicted molar refractivity (Wildman–Crippen MR) is 54.7 cm³/mol. The summed E-state index contributed by atoms with van der Waals surface area (Å²) < 4.78 is 42.7. The first kappa shape index (κ1) is 12.0. The van der Waals surface area contributed by atoms with E-state index < -0.39 is 7.82 Å². The van der Waals surface area contributed by atoms with E-state index in [0.29, 0.717) is 19.8 Å². The highest BCUT2D eigenvalue weighted by atomic mass is 31.2. The lowest BCUT2D eigenvalue weighted by Gasteiger charge is -2.16. The molecule has 98 valence electrons. The molecule has 17 heavy (non-hydrogen) atoms. The Morgan fingerprint density at radius 2 is 1.12 bits per heavy atom. The molecule has 0 amide bonds. The standard InChI is InChI=1S/C9H15O7P/c10-17(14-4-7-1-11-7,15-5-8-2-12-8)16-6-9-3-13-9/h7-9H,1-6H2. The van der Waals surface area contributed by atoms with E-state index in [0.717, 1.165) is 0 Å². The van der Waals surface area contributed by atoms with Gasteiger partial charge in [-0.05, 0) is 0 Å². The zero-order valence-electron chi connectivity index (χ0n) is 9.28. The monoisotopic (exact) mass is 266 g/mol. The second-order valence-electron chi connectivity index (χ2n) is 4.20. The molecule has 0 bridgehead atoms. The average Bonchev–Trinajstić information content (AvgIpc) is 3.17. The summed E-state index contributed by atoms with van der Waals surface area (Å²) in [6.45, 7) is 2.60. The Labute approximate surface area is 98.9 Å². The largest absolute Gasteiger partial charge is 0.475 e. The van der Waals surface area contributed by atoms with Crippen LogP contribution >= 0.6 is 7.82 Å². The fraction of sp³-hybridized carbons (Fsp3) is 1.00. The van der Waals surface area contributed by atoms with Gasteiger partial charge in [0.2, 0.25) is 0 Å². The molecule has 3 unspecified atom stereocenters. The zero-order valence-corrected chi connectivity index (χ0v) is 10.2. The summed E-state index contributed by atoms with van der Waals surface area (Å²) in [5.74, 6) is 0. The molecular weight excluding hydrogens is 251 g/mol. The van der Waals surface area contributed by atoms with E-state index in [1.807, 2.05) is 0 Å². The quantitative estimate of drug-likeness (QED) is 0.439. The third kappa shape index (κ3) is 4.30. The van der Waals surface area contributed by atoms with Crippen LogP contribution in [0.1, 0.15) is 0 Å². The number of rotatable bonds is 9. The highest BCUT2D eigenvalue weighted by Crippen LogP contribution is 2.51. The Morgan fingerprint density at radius 3 is 1.35 bits per heavy atom. The lowest BCUT2D eigenvalue weighted by Crippen LogP contribution is -2.10. The van der Waals surface area contributed by atoms with Gasteiger partial charge in [-0.15, -0.1) is 0 Å². The molecule has 3 heterocycles. The van der Waals surface area contributed by atoms with Crippen LogP contribution in [-0.4, -0.2) is 58.0 Å². The van der Waals surface area contributed by atoms with Gasteiger partial charge in [0.25, 0.3) is 0 Å². The van der Waals surface area contributed by atoms with Crippen molar-refractivity contribution in [1.29, 1.82) is 0 Å². The summed E-state index contributed by atoms with van der Waals surface area (Å²) in [5, 5.41) is 0. The van der Waals surface area contributed by atoms with Crippen molar-refractivity contribution >= 4 is 7.82 Å². The van der Waals surface area contributed by atoms with Crippen LogP contribution in [0.2, 0.25) is 0 Å². The van der Waals surface area contributed by atoms with Gasteiger partial charge in [0.05, 0.1) is 39.6 Å². The number of phosphoric ester groups is 1. The summed E-state index contributed by atoms with van der Waals surface area (Å²) in [6.07, 6.45) is 0.0552. The SMILES string of the molecule is O=P(OCC1CO1)(OCC1CO1)OCC1CO1. The molecule has 3 fully saturated rings. The molecule has 3 saturated heterocycles. The van der Waals surface area contributed by atoms with Crippen molar-refractivity contribution in [2.75, 3.05) is 39.6 Å². The molecule has 0 spiro atoms. The van der Waals surface area contributed by atoms with E-state index in [1.54, 1.807) is 0 Å². The van der Waals surface area contributed by atoms with E-state index in [9.17, 15) is 4.57 Å². The normalized spacial score (nSPS) is 37.5. The lowest BCUT2D eigenvalue weighted by atomic mass is 10.5. The molecule has 7 nitrogen and oxygen atoms in total. The Bertz CT molecular complexity index is 263. The minimum Gasteiger partial charge on any atom is -0.371 e. The van der Waals surface area contributed by atoms with Crippen molar-refractivity contribution in [2.45, 2.75) is 18.3 Å². The highest BCUT2D eigenvalue weighted by molar-refractivity contribution is 7.48. The maximum absolute atomic E-state index is 12.2. The summed E-state index contributed by atoms with van der Waals surface area (Å²) in [4.78, 5) is 0. The number of phosphoric acid groups is 1. The maximum atomic E-state index is 12.2. The summed E-state index contributed by atoms with van der Waals surface area (Å²) >= 11 is 0. The Balaban J connectivity index is 1.45. The van der Waals surface area contributed by atoms with Crippen molar-refractivity contribution in [3.8, 4) is 0 Å². The molecule has 8 heteroatoms. The van der Waals surface area contributed by atoms with E-state index >= 15 is 0 Å². The first-order valence-electron chi connectivity index (χ1n) is 5.62. The molecule has 3 atom stereocenters. The zero-order chi connectivity index (χ0) is 11.7. The van der Waals surface area contributed by atoms with Crippen molar-refractivity contribution < 1.29 is 32.3 Å². The Hall–Kier alpha value is -0.0100. The second-order valence-corrected chi connectivity index (χ2v) is 5.87. The van der Waals surface area contributed by atoms with Crippen LogP contribution in [0.25, 0.3) is 0 Å². The minimum absolute atomic E-state index is 0.0184. The van der Waals surface area contributed by atoms with Gasteiger partial charge in [0.15, 0.2) is 0 Å². The molecule has 0 radical (unpaired) electrons. The van der Waals surface area contributed by atoms with E-state index in [-0.39, 0.29) is 38.1 Å². The molecule has 0 aromatic carbocycles. The van der Waals surface area contributed by atoms with Crippen LogP contribution in [0.4, 0.5) is 0 Å². The fourth-order valence-corrected chi connectivity index (χ4v) is 2.40. The Morgan fingerprint density at radius 1 is 0.824 bits per heavy atom. The van der Waals surface area contributed by atoms with Gasteiger partial charge in [0, 0.05) is 0 Å². The Kier molecular flexibility index (Phi) is 3.49. The van der Waals surface area contributed by atoms with Gasteiger partial charge < -0.3 is 14.2 Å². The number of hydrogen-bond donors (Lipinski definition) is 0. The number of ether oxygens (including phenoxy) is 3. The van der Waals surface area contributed by atoms with Crippen molar-refractivity contribution in [3.05, 3.63) is 0 Å². The van der Waals surface area contributed by atoms with Crippen LogP contribution in [0.15, 0.2) is 0 Å².